The lowest BCUT2D eigenvalue weighted by atomic mass is 10.1. The molecule has 1 rings (SSSR count). The Bertz CT molecular complexity index is 199. The molecule has 1 fully saturated rings. The fraction of sp³-hybridized carbons (Fsp3) is 1.00. The molecule has 0 aliphatic carbocycles. The standard InChI is InChI=1S/C14H29BrN2/c1-4-17-10-5-6-14(17)12-16(3)11-8-13(2)7-9-15/h13-14H,4-12H2,1-3H3. The van der Waals surface area contributed by atoms with Gasteiger partial charge in [0, 0.05) is 17.9 Å². The molecule has 0 saturated carbocycles. The zero-order valence-electron chi connectivity index (χ0n) is 11.8. The largest absolute Gasteiger partial charge is 0.305 e. The van der Waals surface area contributed by atoms with Crippen molar-refractivity contribution in [1.29, 1.82) is 0 Å². The van der Waals surface area contributed by atoms with E-state index in [1.165, 1.54) is 51.9 Å². The Labute approximate surface area is 116 Å². The lowest BCUT2D eigenvalue weighted by molar-refractivity contribution is 0.192. The van der Waals surface area contributed by atoms with Crippen molar-refractivity contribution >= 4 is 15.9 Å². The average molecular weight is 305 g/mol. The highest BCUT2D eigenvalue weighted by Gasteiger charge is 2.23. The van der Waals surface area contributed by atoms with Crippen LogP contribution in [0.15, 0.2) is 0 Å². The van der Waals surface area contributed by atoms with Gasteiger partial charge >= 0.3 is 0 Å². The Morgan fingerprint density at radius 1 is 1.41 bits per heavy atom. The first kappa shape index (κ1) is 15.5. The summed E-state index contributed by atoms with van der Waals surface area (Å²) >= 11 is 3.52. The highest BCUT2D eigenvalue weighted by Crippen LogP contribution is 2.18. The molecule has 0 spiro atoms. The van der Waals surface area contributed by atoms with Crippen LogP contribution in [-0.2, 0) is 0 Å². The van der Waals surface area contributed by atoms with Gasteiger partial charge in [-0.3, -0.25) is 4.90 Å². The van der Waals surface area contributed by atoms with Crippen molar-refractivity contribution in [3.05, 3.63) is 0 Å². The smallest absolute Gasteiger partial charge is 0.0223 e. The molecule has 2 unspecified atom stereocenters. The summed E-state index contributed by atoms with van der Waals surface area (Å²) in [5, 5.41) is 1.14. The van der Waals surface area contributed by atoms with Crippen LogP contribution < -0.4 is 0 Å². The van der Waals surface area contributed by atoms with Crippen LogP contribution in [0.1, 0.15) is 39.5 Å². The second kappa shape index (κ2) is 8.49. The third kappa shape index (κ3) is 5.71. The van der Waals surface area contributed by atoms with Gasteiger partial charge in [-0.25, -0.2) is 0 Å². The molecule has 0 aromatic rings. The molecule has 0 aromatic heterocycles. The number of likely N-dealkylation sites (tertiary alicyclic amines) is 1. The van der Waals surface area contributed by atoms with Gasteiger partial charge in [-0.2, -0.15) is 0 Å². The number of nitrogens with zero attached hydrogens (tertiary/aromatic N) is 2. The monoisotopic (exact) mass is 304 g/mol. The van der Waals surface area contributed by atoms with Crippen LogP contribution in [0.4, 0.5) is 0 Å². The Balaban J connectivity index is 2.17. The van der Waals surface area contributed by atoms with Crippen LogP contribution in [-0.4, -0.2) is 54.4 Å². The van der Waals surface area contributed by atoms with Crippen molar-refractivity contribution in [2.45, 2.75) is 45.6 Å². The Kier molecular flexibility index (Phi) is 7.72. The predicted octanol–water partition coefficient (Wildman–Crippen LogP) is 3.21. The van der Waals surface area contributed by atoms with E-state index < -0.39 is 0 Å². The van der Waals surface area contributed by atoms with Gasteiger partial charge in [-0.15, -0.1) is 0 Å². The molecule has 0 N–H and O–H groups in total. The summed E-state index contributed by atoms with van der Waals surface area (Å²) in [7, 11) is 2.28. The molecular formula is C14H29BrN2. The molecule has 1 aliphatic rings. The van der Waals surface area contributed by atoms with E-state index in [1.807, 2.05) is 0 Å². The van der Waals surface area contributed by atoms with Crippen molar-refractivity contribution < 1.29 is 0 Å². The summed E-state index contributed by atoms with van der Waals surface area (Å²) in [4.78, 5) is 5.17. The van der Waals surface area contributed by atoms with Crippen molar-refractivity contribution in [2.75, 3.05) is 38.6 Å². The SMILES string of the molecule is CCN1CCCC1CN(C)CCC(C)CCBr. The third-order valence-electron chi connectivity index (χ3n) is 4.03. The minimum Gasteiger partial charge on any atom is -0.305 e. The molecule has 0 aromatic carbocycles. The minimum absolute atomic E-state index is 0.816. The summed E-state index contributed by atoms with van der Waals surface area (Å²) in [5.74, 6) is 0.850. The van der Waals surface area contributed by atoms with Crippen LogP contribution in [0.25, 0.3) is 0 Å². The van der Waals surface area contributed by atoms with Crippen LogP contribution in [0, 0.1) is 5.92 Å². The quantitative estimate of drug-likeness (QED) is 0.635. The molecule has 1 heterocycles. The summed E-state index contributed by atoms with van der Waals surface area (Å²) in [6, 6.07) is 0.816. The van der Waals surface area contributed by atoms with Gasteiger partial charge < -0.3 is 4.90 Å². The van der Waals surface area contributed by atoms with E-state index in [2.05, 4.69) is 46.6 Å². The van der Waals surface area contributed by atoms with Gasteiger partial charge in [-0.05, 0) is 58.3 Å². The first-order valence-corrected chi connectivity index (χ1v) is 8.28. The Morgan fingerprint density at radius 2 is 2.18 bits per heavy atom. The van der Waals surface area contributed by atoms with Crippen molar-refractivity contribution in [2.24, 2.45) is 5.92 Å². The van der Waals surface area contributed by atoms with E-state index in [1.54, 1.807) is 0 Å². The highest BCUT2D eigenvalue weighted by atomic mass is 79.9. The van der Waals surface area contributed by atoms with E-state index in [9.17, 15) is 0 Å². The number of hydrogen-bond acceptors (Lipinski definition) is 2. The summed E-state index contributed by atoms with van der Waals surface area (Å²) < 4.78 is 0. The molecule has 2 atom stereocenters. The maximum Gasteiger partial charge on any atom is 0.0223 e. The van der Waals surface area contributed by atoms with Crippen LogP contribution in [0.5, 0.6) is 0 Å². The first-order valence-electron chi connectivity index (χ1n) is 7.16. The second-order valence-corrected chi connectivity index (χ2v) is 6.35. The molecule has 1 aliphatic heterocycles. The van der Waals surface area contributed by atoms with Gasteiger partial charge in [0.2, 0.25) is 0 Å². The topological polar surface area (TPSA) is 6.48 Å². The number of alkyl halides is 1. The lowest BCUT2D eigenvalue weighted by Crippen LogP contribution is -2.39. The minimum atomic E-state index is 0.816. The molecule has 2 nitrogen and oxygen atoms in total. The summed E-state index contributed by atoms with van der Waals surface area (Å²) in [6.45, 7) is 9.70. The van der Waals surface area contributed by atoms with E-state index >= 15 is 0 Å². The van der Waals surface area contributed by atoms with E-state index in [0.29, 0.717) is 0 Å². The molecule has 0 amide bonds. The normalized spacial score (nSPS) is 23.5. The zero-order valence-corrected chi connectivity index (χ0v) is 13.4. The number of rotatable bonds is 8. The van der Waals surface area contributed by atoms with Crippen molar-refractivity contribution in [3.63, 3.8) is 0 Å². The number of halogens is 1. The zero-order chi connectivity index (χ0) is 12.7. The van der Waals surface area contributed by atoms with E-state index in [-0.39, 0.29) is 0 Å². The van der Waals surface area contributed by atoms with Crippen molar-refractivity contribution in [3.8, 4) is 0 Å². The predicted molar refractivity (Wildman–Crippen MR) is 80.0 cm³/mol. The third-order valence-corrected chi connectivity index (χ3v) is 4.49. The Morgan fingerprint density at radius 3 is 2.82 bits per heavy atom. The van der Waals surface area contributed by atoms with Crippen LogP contribution in [0.2, 0.25) is 0 Å². The van der Waals surface area contributed by atoms with E-state index in [4.69, 9.17) is 0 Å². The molecule has 17 heavy (non-hydrogen) atoms. The van der Waals surface area contributed by atoms with Gasteiger partial charge in [0.15, 0.2) is 0 Å². The van der Waals surface area contributed by atoms with E-state index in [0.717, 1.165) is 17.3 Å². The molecule has 0 bridgehead atoms. The first-order chi connectivity index (χ1) is 8.17. The molecular weight excluding hydrogens is 276 g/mol. The Hall–Kier alpha value is 0.400. The summed E-state index contributed by atoms with van der Waals surface area (Å²) in [5.41, 5.74) is 0. The van der Waals surface area contributed by atoms with Gasteiger partial charge in [0.05, 0.1) is 0 Å². The van der Waals surface area contributed by atoms with Gasteiger partial charge in [0.1, 0.15) is 0 Å². The number of likely N-dealkylation sites (N-methyl/N-ethyl adjacent to an activating group) is 2. The van der Waals surface area contributed by atoms with Crippen LogP contribution >= 0.6 is 15.9 Å². The van der Waals surface area contributed by atoms with Crippen LogP contribution in [0.3, 0.4) is 0 Å². The van der Waals surface area contributed by atoms with Crippen molar-refractivity contribution in [1.82, 2.24) is 9.80 Å². The lowest BCUT2D eigenvalue weighted by Gasteiger charge is -2.28. The fourth-order valence-electron chi connectivity index (χ4n) is 2.74. The summed E-state index contributed by atoms with van der Waals surface area (Å²) in [6.07, 6.45) is 5.43. The second-order valence-electron chi connectivity index (χ2n) is 5.56. The highest BCUT2D eigenvalue weighted by molar-refractivity contribution is 9.09. The maximum atomic E-state index is 3.52. The average Bonchev–Trinajstić information content (AvgIpc) is 2.74. The van der Waals surface area contributed by atoms with Gasteiger partial charge in [-0.1, -0.05) is 29.8 Å². The number of hydrogen-bond donors (Lipinski definition) is 0. The molecule has 0 radical (unpaired) electrons. The molecule has 3 heteroatoms. The molecule has 102 valence electrons. The maximum absolute atomic E-state index is 3.52. The fourth-order valence-corrected chi connectivity index (χ4v) is 3.52. The van der Waals surface area contributed by atoms with Gasteiger partial charge in [0.25, 0.3) is 0 Å². The molecule has 1 saturated heterocycles.